The van der Waals surface area contributed by atoms with E-state index in [1.807, 2.05) is 47.9 Å². The summed E-state index contributed by atoms with van der Waals surface area (Å²) < 4.78 is 15.0. The molecule has 9 heteroatoms. The number of hydrogen-bond acceptors (Lipinski definition) is 5. The number of hydrogen-bond donors (Lipinski definition) is 1. The molecule has 1 heterocycles. The minimum atomic E-state index is -0.326. The van der Waals surface area contributed by atoms with E-state index in [2.05, 4.69) is 20.7 Å². The van der Waals surface area contributed by atoms with Crippen LogP contribution in [0, 0.1) is 12.7 Å². The second-order valence-corrected chi connectivity index (χ2v) is 8.89. The highest BCUT2D eigenvalue weighted by Crippen LogP contribution is 2.28. The predicted octanol–water partition coefficient (Wildman–Crippen LogP) is 5.67. The minimum absolute atomic E-state index is 0.0881. The van der Waals surface area contributed by atoms with Gasteiger partial charge in [0.05, 0.1) is 11.5 Å². The van der Waals surface area contributed by atoms with Crippen LogP contribution in [0.15, 0.2) is 83.1 Å². The van der Waals surface area contributed by atoms with Crippen molar-refractivity contribution in [3.8, 4) is 17.1 Å². The van der Waals surface area contributed by atoms with E-state index in [1.165, 1.54) is 23.9 Å². The first-order valence-electron chi connectivity index (χ1n) is 10.4. The first-order chi connectivity index (χ1) is 16.4. The Morgan fingerprint density at radius 2 is 1.71 bits per heavy atom. The molecule has 4 aromatic rings. The summed E-state index contributed by atoms with van der Waals surface area (Å²) in [5, 5.41) is 14.0. The molecule has 0 spiro atoms. The number of amides is 1. The van der Waals surface area contributed by atoms with Gasteiger partial charge in [-0.1, -0.05) is 53.2 Å². The summed E-state index contributed by atoms with van der Waals surface area (Å²) in [6.07, 6.45) is 0. The lowest BCUT2D eigenvalue weighted by Crippen LogP contribution is -2.21. The van der Waals surface area contributed by atoms with Crippen molar-refractivity contribution < 1.29 is 9.18 Å². The fourth-order valence-corrected chi connectivity index (χ4v) is 4.01. The van der Waals surface area contributed by atoms with Crippen LogP contribution in [0.3, 0.4) is 0 Å². The molecule has 1 amide bonds. The maximum atomic E-state index is 13.1. The van der Waals surface area contributed by atoms with Crippen molar-refractivity contribution in [1.29, 1.82) is 0 Å². The van der Waals surface area contributed by atoms with Crippen molar-refractivity contribution in [2.24, 2.45) is 5.10 Å². The molecule has 0 aliphatic heterocycles. The fourth-order valence-electron chi connectivity index (χ4n) is 3.14. The van der Waals surface area contributed by atoms with Gasteiger partial charge >= 0.3 is 0 Å². The Morgan fingerprint density at radius 1 is 1.03 bits per heavy atom. The largest absolute Gasteiger partial charge is 0.272 e. The van der Waals surface area contributed by atoms with Crippen LogP contribution in [0.25, 0.3) is 17.1 Å². The lowest BCUT2D eigenvalue weighted by molar-refractivity contribution is -0.118. The first-order valence-corrected chi connectivity index (χ1v) is 11.8. The van der Waals surface area contributed by atoms with Gasteiger partial charge in [-0.2, -0.15) is 5.10 Å². The van der Waals surface area contributed by atoms with Crippen molar-refractivity contribution in [3.63, 3.8) is 0 Å². The number of halogens is 2. The number of carbonyl (C=O) groups excluding carboxylic acids is 1. The zero-order chi connectivity index (χ0) is 24.1. The van der Waals surface area contributed by atoms with E-state index in [9.17, 15) is 9.18 Å². The summed E-state index contributed by atoms with van der Waals surface area (Å²) in [5.41, 5.74) is 6.71. The van der Waals surface area contributed by atoms with Gasteiger partial charge in [-0.05, 0) is 67.9 Å². The van der Waals surface area contributed by atoms with Crippen molar-refractivity contribution in [1.82, 2.24) is 20.2 Å². The van der Waals surface area contributed by atoms with E-state index in [-0.39, 0.29) is 17.5 Å². The Labute approximate surface area is 205 Å². The topological polar surface area (TPSA) is 72.2 Å². The maximum Gasteiger partial charge on any atom is 0.250 e. The van der Waals surface area contributed by atoms with Crippen molar-refractivity contribution >= 4 is 35.0 Å². The molecule has 6 nitrogen and oxygen atoms in total. The standard InChI is InChI=1S/C25H21ClFN5OS/c1-16-3-13-22(14-4-16)32-24(19-5-9-20(26)10-6-19)30-31-25(32)34-15-23(33)29-28-17(2)18-7-11-21(27)12-8-18/h3-14H,15H2,1-2H3,(H,29,33)/b28-17-. The molecule has 0 saturated heterocycles. The van der Waals surface area contributed by atoms with Gasteiger partial charge < -0.3 is 0 Å². The summed E-state index contributed by atoms with van der Waals surface area (Å²) in [5.74, 6) is 0.115. The van der Waals surface area contributed by atoms with E-state index < -0.39 is 0 Å². The molecule has 0 radical (unpaired) electrons. The Balaban J connectivity index is 1.52. The second-order valence-electron chi connectivity index (χ2n) is 7.51. The highest BCUT2D eigenvalue weighted by Gasteiger charge is 2.17. The maximum absolute atomic E-state index is 13.1. The molecule has 0 aliphatic carbocycles. The van der Waals surface area contributed by atoms with Gasteiger partial charge in [0.25, 0.3) is 5.91 Å². The second kappa shape index (κ2) is 10.6. The summed E-state index contributed by atoms with van der Waals surface area (Å²) >= 11 is 7.30. The van der Waals surface area contributed by atoms with Gasteiger partial charge in [-0.25, -0.2) is 9.82 Å². The molecule has 172 valence electrons. The van der Waals surface area contributed by atoms with Crippen molar-refractivity contribution in [2.75, 3.05) is 5.75 Å². The molecule has 4 rings (SSSR count). The van der Waals surface area contributed by atoms with Crippen LogP contribution in [-0.2, 0) is 4.79 Å². The number of aryl methyl sites for hydroxylation is 1. The van der Waals surface area contributed by atoms with Crippen LogP contribution < -0.4 is 5.43 Å². The van der Waals surface area contributed by atoms with Crippen LogP contribution in [0.1, 0.15) is 18.1 Å². The zero-order valence-corrected chi connectivity index (χ0v) is 20.1. The number of nitrogens with one attached hydrogen (secondary N) is 1. The molecule has 1 N–H and O–H groups in total. The smallest absolute Gasteiger partial charge is 0.250 e. The van der Waals surface area contributed by atoms with Crippen molar-refractivity contribution in [3.05, 3.63) is 94.8 Å². The summed E-state index contributed by atoms with van der Waals surface area (Å²) in [6, 6.07) is 21.3. The molecule has 0 fully saturated rings. The fraction of sp³-hybridized carbons (Fsp3) is 0.120. The van der Waals surface area contributed by atoms with E-state index in [4.69, 9.17) is 11.6 Å². The van der Waals surface area contributed by atoms with Gasteiger partial charge in [0.2, 0.25) is 0 Å². The number of hydrazone groups is 1. The third kappa shape index (κ3) is 5.70. The zero-order valence-electron chi connectivity index (χ0n) is 18.5. The van der Waals surface area contributed by atoms with Crippen molar-refractivity contribution in [2.45, 2.75) is 19.0 Å². The molecular formula is C25H21ClFN5OS. The number of benzene rings is 3. The van der Waals surface area contributed by atoms with Crippen LogP contribution in [0.2, 0.25) is 5.02 Å². The van der Waals surface area contributed by atoms with Gasteiger partial charge in [-0.15, -0.1) is 10.2 Å². The van der Waals surface area contributed by atoms with E-state index in [0.29, 0.717) is 21.7 Å². The molecule has 0 bridgehead atoms. The Bertz CT molecular complexity index is 1320. The Kier molecular flexibility index (Phi) is 7.40. The predicted molar refractivity (Wildman–Crippen MR) is 134 cm³/mol. The van der Waals surface area contributed by atoms with E-state index in [0.717, 1.165) is 22.4 Å². The third-order valence-corrected chi connectivity index (χ3v) is 6.15. The quantitative estimate of drug-likeness (QED) is 0.204. The van der Waals surface area contributed by atoms with E-state index >= 15 is 0 Å². The molecule has 3 aromatic carbocycles. The Hall–Kier alpha value is -3.49. The summed E-state index contributed by atoms with van der Waals surface area (Å²) in [6.45, 7) is 3.76. The SMILES string of the molecule is C/C(=N/NC(=O)CSc1nnc(-c2ccc(Cl)cc2)n1-c1ccc(C)cc1)c1ccc(F)cc1. The molecule has 0 unspecified atom stereocenters. The van der Waals surface area contributed by atoms with Crippen LogP contribution in [0.5, 0.6) is 0 Å². The minimum Gasteiger partial charge on any atom is -0.272 e. The highest BCUT2D eigenvalue weighted by molar-refractivity contribution is 7.99. The number of rotatable bonds is 7. The molecule has 0 atom stereocenters. The van der Waals surface area contributed by atoms with Crippen LogP contribution in [-0.4, -0.2) is 32.1 Å². The summed E-state index contributed by atoms with van der Waals surface area (Å²) in [7, 11) is 0. The normalized spacial score (nSPS) is 11.5. The first kappa shape index (κ1) is 23.7. The highest BCUT2D eigenvalue weighted by atomic mass is 35.5. The van der Waals surface area contributed by atoms with Gasteiger partial charge in [0, 0.05) is 16.3 Å². The molecule has 34 heavy (non-hydrogen) atoms. The third-order valence-electron chi connectivity index (χ3n) is 4.97. The lowest BCUT2D eigenvalue weighted by Gasteiger charge is -2.11. The van der Waals surface area contributed by atoms with Crippen LogP contribution in [0.4, 0.5) is 4.39 Å². The number of aromatic nitrogens is 3. The molecule has 0 aliphatic rings. The van der Waals surface area contributed by atoms with E-state index in [1.54, 1.807) is 31.2 Å². The van der Waals surface area contributed by atoms with Gasteiger partial charge in [0.15, 0.2) is 11.0 Å². The number of nitrogens with zero attached hydrogens (tertiary/aromatic N) is 4. The van der Waals surface area contributed by atoms with Gasteiger partial charge in [0.1, 0.15) is 5.82 Å². The average molecular weight is 494 g/mol. The summed E-state index contributed by atoms with van der Waals surface area (Å²) in [4.78, 5) is 12.4. The monoisotopic (exact) mass is 493 g/mol. The van der Waals surface area contributed by atoms with Crippen LogP contribution >= 0.6 is 23.4 Å². The number of carbonyl (C=O) groups is 1. The molecular weight excluding hydrogens is 473 g/mol. The molecule has 0 saturated carbocycles. The lowest BCUT2D eigenvalue weighted by atomic mass is 10.1. The number of thioether (sulfide) groups is 1. The average Bonchev–Trinajstić information content (AvgIpc) is 3.26. The van der Waals surface area contributed by atoms with Gasteiger partial charge in [-0.3, -0.25) is 9.36 Å². The molecule has 1 aromatic heterocycles. The Morgan fingerprint density at radius 3 is 2.38 bits per heavy atom.